The van der Waals surface area contributed by atoms with Crippen LogP contribution in [-0.4, -0.2) is 10.9 Å². The van der Waals surface area contributed by atoms with Crippen LogP contribution in [0.15, 0.2) is 23.1 Å². The molecule has 1 rings (SSSR count). The monoisotopic (exact) mass is 242 g/mol. The summed E-state index contributed by atoms with van der Waals surface area (Å²) in [4.78, 5) is 0.857. The molecule has 1 aromatic rings. The van der Waals surface area contributed by atoms with Crippen molar-refractivity contribution in [3.8, 4) is 0 Å². The molecule has 0 amide bonds. The zero-order valence-electron chi connectivity index (χ0n) is 10.0. The van der Waals surface area contributed by atoms with Gasteiger partial charge in [0.1, 0.15) is 5.82 Å². The van der Waals surface area contributed by atoms with Crippen molar-refractivity contribution in [2.45, 2.75) is 38.2 Å². The number of benzene rings is 1. The fraction of sp³-hybridized carbons (Fsp3) is 0.538. The van der Waals surface area contributed by atoms with E-state index >= 15 is 0 Å². The summed E-state index contributed by atoms with van der Waals surface area (Å²) in [5.41, 5.74) is 0.427. The molecule has 0 bridgehead atoms. The first-order valence-corrected chi connectivity index (χ1v) is 6.60. The van der Waals surface area contributed by atoms with Crippen molar-refractivity contribution in [3.63, 3.8) is 0 Å². The molecule has 1 nitrogen and oxygen atoms in total. The van der Waals surface area contributed by atoms with Crippen molar-refractivity contribution in [1.29, 1.82) is 0 Å². The molecule has 0 heterocycles. The molecule has 0 radical (unpaired) electrons. The fourth-order valence-corrected chi connectivity index (χ4v) is 2.86. The molecule has 0 saturated carbocycles. The van der Waals surface area contributed by atoms with Crippen LogP contribution in [0.1, 0.15) is 38.9 Å². The molecule has 1 atom stereocenters. The van der Waals surface area contributed by atoms with Crippen LogP contribution in [0.4, 0.5) is 4.39 Å². The average Bonchev–Trinajstić information content (AvgIpc) is 2.16. The summed E-state index contributed by atoms with van der Waals surface area (Å²) in [6.45, 7) is 5.94. The molecular weight excluding hydrogens is 223 g/mol. The predicted octanol–water partition coefficient (Wildman–Crippen LogP) is 4.02. The minimum absolute atomic E-state index is 0.315. The number of aliphatic hydroxyl groups is 1. The van der Waals surface area contributed by atoms with Gasteiger partial charge >= 0.3 is 0 Å². The Kier molecular flexibility index (Phi) is 5.29. The Hall–Kier alpha value is -0.540. The second-order valence-corrected chi connectivity index (χ2v) is 5.50. The van der Waals surface area contributed by atoms with E-state index in [1.807, 2.05) is 6.07 Å². The lowest BCUT2D eigenvalue weighted by molar-refractivity contribution is 0.191. The van der Waals surface area contributed by atoms with Gasteiger partial charge in [-0.2, -0.15) is 0 Å². The summed E-state index contributed by atoms with van der Waals surface area (Å²) in [5, 5.41) is 9.54. The van der Waals surface area contributed by atoms with Gasteiger partial charge in [0, 0.05) is 10.5 Å². The van der Waals surface area contributed by atoms with Crippen LogP contribution in [0.25, 0.3) is 0 Å². The van der Waals surface area contributed by atoms with Gasteiger partial charge in [0.05, 0.1) is 6.10 Å². The topological polar surface area (TPSA) is 20.2 Å². The third kappa shape index (κ3) is 3.80. The normalized spacial score (nSPS) is 13.1. The molecule has 0 aliphatic heterocycles. The maximum Gasteiger partial charge on any atom is 0.130 e. The van der Waals surface area contributed by atoms with E-state index < -0.39 is 6.10 Å². The van der Waals surface area contributed by atoms with Crippen LogP contribution in [0.3, 0.4) is 0 Å². The van der Waals surface area contributed by atoms with Crippen molar-refractivity contribution in [2.75, 3.05) is 5.75 Å². The van der Waals surface area contributed by atoms with Crippen LogP contribution in [0.2, 0.25) is 0 Å². The maximum atomic E-state index is 13.5. The first-order valence-electron chi connectivity index (χ1n) is 5.61. The highest BCUT2D eigenvalue weighted by atomic mass is 32.2. The number of aliphatic hydroxyl groups excluding tert-OH is 1. The van der Waals surface area contributed by atoms with E-state index in [1.165, 1.54) is 6.07 Å². The second-order valence-electron chi connectivity index (χ2n) is 4.36. The molecule has 0 aliphatic rings. The Morgan fingerprint density at radius 1 is 1.31 bits per heavy atom. The quantitative estimate of drug-likeness (QED) is 0.787. The number of hydrogen-bond donors (Lipinski definition) is 1. The predicted molar refractivity (Wildman–Crippen MR) is 67.2 cm³/mol. The molecule has 1 aromatic carbocycles. The first kappa shape index (κ1) is 13.5. The third-order valence-corrected chi connectivity index (χ3v) is 3.49. The van der Waals surface area contributed by atoms with Crippen molar-refractivity contribution in [2.24, 2.45) is 5.92 Å². The van der Waals surface area contributed by atoms with E-state index in [0.29, 0.717) is 11.5 Å². The SMILES string of the molecule is CC(C)CCSc1cccc(F)c1C(C)O. The van der Waals surface area contributed by atoms with Gasteiger partial charge in [0.25, 0.3) is 0 Å². The lowest BCUT2D eigenvalue weighted by Crippen LogP contribution is -1.99. The Morgan fingerprint density at radius 3 is 2.56 bits per heavy atom. The summed E-state index contributed by atoms with van der Waals surface area (Å²) >= 11 is 1.62. The van der Waals surface area contributed by atoms with Crippen LogP contribution < -0.4 is 0 Å². The fourth-order valence-electron chi connectivity index (χ4n) is 1.45. The van der Waals surface area contributed by atoms with Gasteiger partial charge < -0.3 is 5.11 Å². The van der Waals surface area contributed by atoms with Crippen LogP contribution in [0.5, 0.6) is 0 Å². The highest BCUT2D eigenvalue weighted by Gasteiger charge is 2.13. The summed E-state index contributed by atoms with van der Waals surface area (Å²) in [6, 6.07) is 4.96. The summed E-state index contributed by atoms with van der Waals surface area (Å²) < 4.78 is 13.5. The van der Waals surface area contributed by atoms with Gasteiger partial charge in [0.15, 0.2) is 0 Å². The molecule has 90 valence electrons. The zero-order valence-corrected chi connectivity index (χ0v) is 10.9. The lowest BCUT2D eigenvalue weighted by Gasteiger charge is -2.13. The number of rotatable bonds is 5. The van der Waals surface area contributed by atoms with Crippen molar-refractivity contribution in [3.05, 3.63) is 29.6 Å². The van der Waals surface area contributed by atoms with Crippen molar-refractivity contribution in [1.82, 2.24) is 0 Å². The maximum absolute atomic E-state index is 13.5. The zero-order chi connectivity index (χ0) is 12.1. The molecule has 0 aliphatic carbocycles. The molecular formula is C13H19FOS. The number of thioether (sulfide) groups is 1. The third-order valence-electron chi connectivity index (χ3n) is 2.38. The van der Waals surface area contributed by atoms with Gasteiger partial charge in [-0.1, -0.05) is 19.9 Å². The Labute approximate surface area is 101 Å². The summed E-state index contributed by atoms with van der Waals surface area (Å²) in [6.07, 6.45) is 0.350. The minimum Gasteiger partial charge on any atom is -0.389 e. The highest BCUT2D eigenvalue weighted by molar-refractivity contribution is 7.99. The van der Waals surface area contributed by atoms with Gasteiger partial charge in [-0.05, 0) is 37.1 Å². The van der Waals surface area contributed by atoms with Crippen LogP contribution in [0, 0.1) is 11.7 Å². The van der Waals surface area contributed by atoms with Gasteiger partial charge in [0.2, 0.25) is 0 Å². The second kappa shape index (κ2) is 6.26. The van der Waals surface area contributed by atoms with E-state index in [2.05, 4.69) is 13.8 Å². The van der Waals surface area contributed by atoms with Crippen molar-refractivity contribution < 1.29 is 9.50 Å². The van der Waals surface area contributed by atoms with E-state index in [4.69, 9.17) is 0 Å². The van der Waals surface area contributed by atoms with E-state index in [-0.39, 0.29) is 5.82 Å². The molecule has 0 fully saturated rings. The summed E-state index contributed by atoms with van der Waals surface area (Å²) in [7, 11) is 0. The molecule has 0 spiro atoms. The van der Waals surface area contributed by atoms with Crippen LogP contribution in [-0.2, 0) is 0 Å². The molecule has 0 aromatic heterocycles. The summed E-state index contributed by atoms with van der Waals surface area (Å²) in [5.74, 6) is 1.29. The van der Waals surface area contributed by atoms with E-state index in [1.54, 1.807) is 24.8 Å². The molecule has 3 heteroatoms. The molecule has 1 N–H and O–H groups in total. The Bertz CT molecular complexity index is 337. The van der Waals surface area contributed by atoms with Crippen LogP contribution >= 0.6 is 11.8 Å². The van der Waals surface area contributed by atoms with E-state index in [0.717, 1.165) is 17.1 Å². The molecule has 16 heavy (non-hydrogen) atoms. The largest absolute Gasteiger partial charge is 0.389 e. The van der Waals surface area contributed by atoms with Gasteiger partial charge in [-0.15, -0.1) is 11.8 Å². The number of halogens is 1. The Morgan fingerprint density at radius 2 is 2.00 bits per heavy atom. The van der Waals surface area contributed by atoms with Crippen molar-refractivity contribution >= 4 is 11.8 Å². The molecule has 0 saturated heterocycles. The molecule has 1 unspecified atom stereocenters. The highest BCUT2D eigenvalue weighted by Crippen LogP contribution is 2.30. The Balaban J connectivity index is 2.75. The smallest absolute Gasteiger partial charge is 0.130 e. The van der Waals surface area contributed by atoms with E-state index in [9.17, 15) is 9.50 Å². The number of hydrogen-bond acceptors (Lipinski definition) is 2. The minimum atomic E-state index is -0.747. The lowest BCUT2D eigenvalue weighted by atomic mass is 10.1. The van der Waals surface area contributed by atoms with Gasteiger partial charge in [-0.25, -0.2) is 4.39 Å². The standard InChI is InChI=1S/C13H19FOS/c1-9(2)7-8-16-12-6-4-5-11(14)13(12)10(3)15/h4-6,9-10,15H,7-8H2,1-3H3. The first-order chi connectivity index (χ1) is 7.52. The van der Waals surface area contributed by atoms with Gasteiger partial charge in [-0.3, -0.25) is 0 Å². The average molecular weight is 242 g/mol.